The van der Waals surface area contributed by atoms with Gasteiger partial charge in [-0.15, -0.1) is 0 Å². The molecule has 0 saturated carbocycles. The van der Waals surface area contributed by atoms with Crippen LogP contribution in [0.5, 0.6) is 0 Å². The van der Waals surface area contributed by atoms with Gasteiger partial charge in [-0.3, -0.25) is 0 Å². The van der Waals surface area contributed by atoms with Crippen LogP contribution in [0.4, 0.5) is 0 Å². The van der Waals surface area contributed by atoms with Gasteiger partial charge in [0, 0.05) is 16.0 Å². The Hall–Kier alpha value is 1.00. The third-order valence-corrected chi connectivity index (χ3v) is 22.1. The second-order valence-electron chi connectivity index (χ2n) is 10.1. The van der Waals surface area contributed by atoms with Gasteiger partial charge in [0.1, 0.15) is 32.9 Å². The standard InChI is InChI=1S/C13H40N2Si5/c1-17(2,3)14(18(4,5)6)13(16)15(19(7,8)9)20(10,11)12/h13H,1-12,16H3. The zero-order valence-electron chi connectivity index (χ0n) is 16.5. The molecular weight excluding hydrogens is 325 g/mol. The van der Waals surface area contributed by atoms with Crippen molar-refractivity contribution in [1.82, 2.24) is 8.46 Å². The Labute approximate surface area is 136 Å². The first-order valence-corrected chi connectivity index (χ1v) is 22.9. The molecule has 0 aromatic carbocycles. The summed E-state index contributed by atoms with van der Waals surface area (Å²) in [4.78, 5) is 0. The van der Waals surface area contributed by atoms with Crippen LogP contribution in [-0.2, 0) is 0 Å². The molecule has 0 N–H and O–H groups in total. The van der Waals surface area contributed by atoms with Crippen LogP contribution in [0.3, 0.4) is 0 Å². The normalized spacial score (nSPS) is 15.8. The molecule has 2 nitrogen and oxygen atoms in total. The highest BCUT2D eigenvalue weighted by Gasteiger charge is 2.45. The minimum Gasteiger partial charge on any atom is -0.336 e. The zero-order chi connectivity index (χ0) is 16.7. The van der Waals surface area contributed by atoms with Crippen molar-refractivity contribution in [2.75, 3.05) is 0 Å². The zero-order valence-corrected chi connectivity index (χ0v) is 22.5. The van der Waals surface area contributed by atoms with E-state index in [9.17, 15) is 0 Å². The first-order valence-electron chi connectivity index (χ1n) is 7.99. The minimum absolute atomic E-state index is 0.756. The molecule has 0 atom stereocenters. The first-order chi connectivity index (χ1) is 8.40. The van der Waals surface area contributed by atoms with Crippen LogP contribution >= 0.6 is 0 Å². The van der Waals surface area contributed by atoms with E-state index in [1.165, 1.54) is 10.2 Å². The van der Waals surface area contributed by atoms with Gasteiger partial charge in [-0.05, 0) is 0 Å². The van der Waals surface area contributed by atoms with E-state index in [1.54, 1.807) is 0 Å². The molecule has 0 fully saturated rings. The van der Waals surface area contributed by atoms with Crippen LogP contribution in [0.15, 0.2) is 0 Å². The van der Waals surface area contributed by atoms with Gasteiger partial charge in [0.25, 0.3) is 0 Å². The van der Waals surface area contributed by atoms with E-state index in [-0.39, 0.29) is 0 Å². The SMILES string of the molecule is C[Si](C)(C)N(C([SiH3])N([Si](C)(C)C)[Si](C)(C)C)[Si](C)(C)C. The summed E-state index contributed by atoms with van der Waals surface area (Å²) in [6, 6.07) is 0. The Balaban J connectivity index is 5.81. The van der Waals surface area contributed by atoms with Crippen LogP contribution in [-0.4, -0.2) is 57.4 Å². The second kappa shape index (κ2) is 6.25. The Bertz CT molecular complexity index is 260. The molecule has 0 bridgehead atoms. The Morgan fingerprint density at radius 1 is 0.500 bits per heavy atom. The van der Waals surface area contributed by atoms with Gasteiger partial charge >= 0.3 is 0 Å². The summed E-state index contributed by atoms with van der Waals surface area (Å²) in [6.45, 7) is 30.5. The Kier molecular flexibility index (Phi) is 6.56. The molecule has 0 aromatic rings. The fourth-order valence-electron chi connectivity index (χ4n) is 4.37. The first kappa shape index (κ1) is 21.0. The van der Waals surface area contributed by atoms with E-state index in [0.29, 0.717) is 0 Å². The number of hydrogen-bond acceptors (Lipinski definition) is 2. The fraction of sp³-hybridized carbons (Fsp3) is 1.00. The van der Waals surface area contributed by atoms with Gasteiger partial charge in [0.05, 0.1) is 0 Å². The summed E-state index contributed by atoms with van der Waals surface area (Å²) in [7, 11) is -3.82. The number of rotatable bonds is 6. The molecule has 0 aromatic heterocycles. The maximum atomic E-state index is 3.04. The minimum atomic E-state index is -1.27. The van der Waals surface area contributed by atoms with Crippen LogP contribution < -0.4 is 0 Å². The lowest BCUT2D eigenvalue weighted by molar-refractivity contribution is 0.409. The molecule has 122 valence electrons. The molecule has 0 radical (unpaired) electrons. The average Bonchev–Trinajstić information content (AvgIpc) is 1.88. The van der Waals surface area contributed by atoms with Crippen LogP contribution in [0, 0.1) is 0 Å². The van der Waals surface area contributed by atoms with Gasteiger partial charge < -0.3 is 8.46 Å². The molecule has 0 rings (SSSR count). The van der Waals surface area contributed by atoms with Gasteiger partial charge in [-0.2, -0.15) is 0 Å². The molecule has 0 amide bonds. The van der Waals surface area contributed by atoms with Crippen molar-refractivity contribution in [2.24, 2.45) is 0 Å². The molecule has 7 heteroatoms. The maximum absolute atomic E-state index is 3.04. The topological polar surface area (TPSA) is 6.48 Å². The highest BCUT2D eigenvalue weighted by Crippen LogP contribution is 2.29. The number of nitrogens with zero attached hydrogens (tertiary/aromatic N) is 2. The molecule has 0 aliphatic heterocycles. The van der Waals surface area contributed by atoms with E-state index in [1.807, 2.05) is 0 Å². The van der Waals surface area contributed by atoms with E-state index >= 15 is 0 Å². The summed E-state index contributed by atoms with van der Waals surface area (Å²) in [5.74, 6) is 0.756. The van der Waals surface area contributed by atoms with Crippen molar-refractivity contribution < 1.29 is 0 Å². The molecular formula is C13H40N2Si5. The van der Waals surface area contributed by atoms with Crippen molar-refractivity contribution in [1.29, 1.82) is 0 Å². The predicted molar refractivity (Wildman–Crippen MR) is 111 cm³/mol. The largest absolute Gasteiger partial charge is 0.336 e. The van der Waals surface area contributed by atoms with Crippen molar-refractivity contribution in [2.45, 2.75) is 84.4 Å². The highest BCUT2D eigenvalue weighted by molar-refractivity contribution is 6.92. The lowest BCUT2D eigenvalue weighted by Gasteiger charge is -2.57. The maximum Gasteiger partial charge on any atom is 0.113 e. The summed E-state index contributed by atoms with van der Waals surface area (Å²) in [6.07, 6.45) is 0. The van der Waals surface area contributed by atoms with Crippen molar-refractivity contribution in [3.8, 4) is 0 Å². The van der Waals surface area contributed by atoms with E-state index < -0.39 is 32.9 Å². The van der Waals surface area contributed by atoms with Gasteiger partial charge in [0.15, 0.2) is 0 Å². The summed E-state index contributed by atoms with van der Waals surface area (Å²) < 4.78 is 6.09. The third kappa shape index (κ3) is 5.66. The van der Waals surface area contributed by atoms with Crippen molar-refractivity contribution >= 4 is 43.2 Å². The third-order valence-electron chi connectivity index (χ3n) is 3.64. The lowest BCUT2D eigenvalue weighted by atomic mass is 11.2. The quantitative estimate of drug-likeness (QED) is 0.525. The monoisotopic (exact) mass is 364 g/mol. The molecule has 0 heterocycles. The summed E-state index contributed by atoms with van der Waals surface area (Å²) in [5, 5.41) is 0. The average molecular weight is 365 g/mol. The van der Waals surface area contributed by atoms with Crippen LogP contribution in [0.25, 0.3) is 0 Å². The van der Waals surface area contributed by atoms with E-state index in [0.717, 1.165) is 5.79 Å². The molecule has 0 aliphatic carbocycles. The van der Waals surface area contributed by atoms with Crippen molar-refractivity contribution in [3.63, 3.8) is 0 Å². The fourth-order valence-corrected chi connectivity index (χ4v) is 35.2. The van der Waals surface area contributed by atoms with Gasteiger partial charge in [-0.1, -0.05) is 78.6 Å². The molecule has 0 unspecified atom stereocenters. The van der Waals surface area contributed by atoms with E-state index in [2.05, 4.69) is 87.0 Å². The van der Waals surface area contributed by atoms with Gasteiger partial charge in [-0.25, -0.2) is 0 Å². The van der Waals surface area contributed by atoms with Crippen LogP contribution in [0.2, 0.25) is 78.6 Å². The van der Waals surface area contributed by atoms with Crippen molar-refractivity contribution in [3.05, 3.63) is 0 Å². The molecule has 20 heavy (non-hydrogen) atoms. The molecule has 0 spiro atoms. The molecule has 0 saturated heterocycles. The highest BCUT2D eigenvalue weighted by atomic mass is 28.4. The number of hydrogen-bond donors (Lipinski definition) is 0. The van der Waals surface area contributed by atoms with E-state index in [4.69, 9.17) is 0 Å². The smallest absolute Gasteiger partial charge is 0.113 e. The van der Waals surface area contributed by atoms with Crippen LogP contribution in [0.1, 0.15) is 0 Å². The van der Waals surface area contributed by atoms with Gasteiger partial charge in [0.2, 0.25) is 0 Å². The Morgan fingerprint density at radius 3 is 0.750 bits per heavy atom. The molecule has 0 aliphatic rings. The summed E-state index contributed by atoms with van der Waals surface area (Å²) in [5.41, 5.74) is 0. The lowest BCUT2D eigenvalue weighted by Crippen LogP contribution is -2.74. The second-order valence-corrected chi connectivity index (χ2v) is 31.3. The predicted octanol–water partition coefficient (Wildman–Crippen LogP) is 3.58. The summed E-state index contributed by atoms with van der Waals surface area (Å²) >= 11 is 0. The Morgan fingerprint density at radius 2 is 0.650 bits per heavy atom.